The molecule has 1 unspecified atom stereocenters. The maximum atomic E-state index is 5.85. The van der Waals surface area contributed by atoms with Crippen LogP contribution in [0.25, 0.3) is 0 Å². The van der Waals surface area contributed by atoms with E-state index in [0.29, 0.717) is 19.0 Å². The van der Waals surface area contributed by atoms with E-state index in [1.807, 2.05) is 18.3 Å². The lowest BCUT2D eigenvalue weighted by molar-refractivity contribution is 0.378. The Morgan fingerprint density at radius 1 is 1.69 bits per heavy atom. The Hall–Kier alpha value is -1.84. The number of guanidine groups is 1. The summed E-state index contributed by atoms with van der Waals surface area (Å²) in [5.41, 5.74) is 8.26. The van der Waals surface area contributed by atoms with E-state index in [4.69, 9.17) is 5.73 Å². The van der Waals surface area contributed by atoms with Crippen molar-refractivity contribution in [1.82, 2.24) is 9.88 Å². The molecule has 16 heavy (non-hydrogen) atoms. The van der Waals surface area contributed by atoms with Gasteiger partial charge in [-0.25, -0.2) is 0 Å². The van der Waals surface area contributed by atoms with Crippen LogP contribution < -0.4 is 5.73 Å². The third-order valence-electron chi connectivity index (χ3n) is 2.86. The van der Waals surface area contributed by atoms with Crippen LogP contribution in [0.4, 0.5) is 0 Å². The molecule has 4 nitrogen and oxygen atoms in total. The van der Waals surface area contributed by atoms with Gasteiger partial charge in [-0.3, -0.25) is 9.98 Å². The molecule has 1 aliphatic rings. The minimum Gasteiger partial charge on any atom is -0.370 e. The molecule has 0 amide bonds. The highest BCUT2D eigenvalue weighted by Gasteiger charge is 2.27. The van der Waals surface area contributed by atoms with Gasteiger partial charge in [0.1, 0.15) is 0 Å². The van der Waals surface area contributed by atoms with Crippen molar-refractivity contribution in [2.45, 2.75) is 13.0 Å². The van der Waals surface area contributed by atoms with Crippen molar-refractivity contribution in [2.75, 3.05) is 13.1 Å². The zero-order valence-electron chi connectivity index (χ0n) is 9.43. The predicted octanol–water partition coefficient (Wildman–Crippen LogP) is 1.25. The Labute approximate surface area is 95.5 Å². The van der Waals surface area contributed by atoms with Crippen LogP contribution in [0.15, 0.2) is 36.1 Å². The van der Waals surface area contributed by atoms with Crippen molar-refractivity contribution in [3.63, 3.8) is 0 Å². The van der Waals surface area contributed by atoms with Crippen molar-refractivity contribution < 1.29 is 0 Å². The van der Waals surface area contributed by atoms with E-state index in [2.05, 4.69) is 28.4 Å². The first kappa shape index (κ1) is 10.7. The summed E-state index contributed by atoms with van der Waals surface area (Å²) in [7, 11) is 0. The number of aliphatic imine (C=N–C) groups is 1. The van der Waals surface area contributed by atoms with Gasteiger partial charge in [-0.2, -0.15) is 0 Å². The monoisotopic (exact) mass is 216 g/mol. The fourth-order valence-electron chi connectivity index (χ4n) is 1.98. The normalized spacial score (nSPS) is 19.7. The number of hydrogen-bond donors (Lipinski definition) is 1. The van der Waals surface area contributed by atoms with E-state index < -0.39 is 0 Å². The van der Waals surface area contributed by atoms with Gasteiger partial charge in [-0.05, 0) is 24.1 Å². The Morgan fingerprint density at radius 2 is 2.50 bits per heavy atom. The van der Waals surface area contributed by atoms with Gasteiger partial charge in [-0.1, -0.05) is 6.08 Å². The number of hydrogen-bond acceptors (Lipinski definition) is 4. The second-order valence-corrected chi connectivity index (χ2v) is 3.89. The number of rotatable bonds is 3. The van der Waals surface area contributed by atoms with E-state index in [0.717, 1.165) is 0 Å². The van der Waals surface area contributed by atoms with Gasteiger partial charge in [0.2, 0.25) is 0 Å². The SMILES string of the molecule is C=CCN1C(N)=NCC1c1cnccc1C. The van der Waals surface area contributed by atoms with Gasteiger partial charge < -0.3 is 10.6 Å². The molecule has 0 saturated carbocycles. The standard InChI is InChI=1S/C12H16N4/c1-3-6-16-11(8-15-12(16)13)10-7-14-5-4-9(10)2/h3-5,7,11H,1,6,8H2,2H3,(H2,13,15). The van der Waals surface area contributed by atoms with Gasteiger partial charge in [-0.15, -0.1) is 6.58 Å². The summed E-state index contributed by atoms with van der Waals surface area (Å²) in [6.45, 7) is 7.24. The molecule has 1 aromatic heterocycles. The van der Waals surface area contributed by atoms with E-state index in [1.54, 1.807) is 6.20 Å². The number of aryl methyl sites for hydroxylation is 1. The molecule has 2 rings (SSSR count). The summed E-state index contributed by atoms with van der Waals surface area (Å²) >= 11 is 0. The molecule has 2 N–H and O–H groups in total. The molecule has 2 heterocycles. The maximum Gasteiger partial charge on any atom is 0.192 e. The van der Waals surface area contributed by atoms with Crippen molar-refractivity contribution in [3.05, 3.63) is 42.2 Å². The van der Waals surface area contributed by atoms with Crippen molar-refractivity contribution in [2.24, 2.45) is 10.7 Å². The van der Waals surface area contributed by atoms with Crippen LogP contribution in [0, 0.1) is 6.92 Å². The lowest BCUT2D eigenvalue weighted by Crippen LogP contribution is -2.36. The zero-order chi connectivity index (χ0) is 11.5. The summed E-state index contributed by atoms with van der Waals surface area (Å²) in [4.78, 5) is 10.5. The molecule has 4 heteroatoms. The highest BCUT2D eigenvalue weighted by atomic mass is 15.3. The Balaban J connectivity index is 2.29. The molecule has 84 valence electrons. The van der Waals surface area contributed by atoms with Crippen LogP contribution >= 0.6 is 0 Å². The third-order valence-corrected chi connectivity index (χ3v) is 2.86. The third kappa shape index (κ3) is 1.78. The molecule has 1 atom stereocenters. The average molecular weight is 216 g/mol. The van der Waals surface area contributed by atoms with Gasteiger partial charge in [0.15, 0.2) is 5.96 Å². The summed E-state index contributed by atoms with van der Waals surface area (Å²) < 4.78 is 0. The van der Waals surface area contributed by atoms with Gasteiger partial charge in [0.25, 0.3) is 0 Å². The number of nitrogens with two attached hydrogens (primary N) is 1. The van der Waals surface area contributed by atoms with E-state index in [-0.39, 0.29) is 6.04 Å². The molecular weight excluding hydrogens is 200 g/mol. The van der Waals surface area contributed by atoms with Crippen molar-refractivity contribution in [1.29, 1.82) is 0 Å². The summed E-state index contributed by atoms with van der Waals surface area (Å²) in [6, 6.07) is 2.21. The first-order valence-corrected chi connectivity index (χ1v) is 5.32. The van der Waals surface area contributed by atoms with Crippen LogP contribution in [0.1, 0.15) is 17.2 Å². The molecule has 0 saturated heterocycles. The van der Waals surface area contributed by atoms with Crippen LogP contribution in [0.3, 0.4) is 0 Å². The molecule has 0 bridgehead atoms. The molecule has 1 aromatic rings. The quantitative estimate of drug-likeness (QED) is 0.774. The summed E-state index contributed by atoms with van der Waals surface area (Å²) in [5, 5.41) is 0. The largest absolute Gasteiger partial charge is 0.370 e. The first-order valence-electron chi connectivity index (χ1n) is 5.32. The van der Waals surface area contributed by atoms with Gasteiger partial charge in [0.05, 0.1) is 12.6 Å². The second-order valence-electron chi connectivity index (χ2n) is 3.89. The van der Waals surface area contributed by atoms with E-state index >= 15 is 0 Å². The maximum absolute atomic E-state index is 5.85. The molecule has 1 aliphatic heterocycles. The molecule has 0 aromatic carbocycles. The minimum absolute atomic E-state index is 0.201. The zero-order valence-corrected chi connectivity index (χ0v) is 9.43. The fourth-order valence-corrected chi connectivity index (χ4v) is 1.98. The summed E-state index contributed by atoms with van der Waals surface area (Å²) in [6.07, 6.45) is 5.53. The molecule has 0 aliphatic carbocycles. The van der Waals surface area contributed by atoms with Crippen LogP contribution in [0.2, 0.25) is 0 Å². The van der Waals surface area contributed by atoms with Gasteiger partial charge >= 0.3 is 0 Å². The Kier molecular flexibility index (Phi) is 2.90. The topological polar surface area (TPSA) is 54.5 Å². The molecule has 0 radical (unpaired) electrons. The Morgan fingerprint density at radius 3 is 3.19 bits per heavy atom. The average Bonchev–Trinajstić information content (AvgIpc) is 2.62. The summed E-state index contributed by atoms with van der Waals surface area (Å²) in [5.74, 6) is 0.591. The minimum atomic E-state index is 0.201. The van der Waals surface area contributed by atoms with Gasteiger partial charge in [0, 0.05) is 18.9 Å². The number of nitrogens with zero attached hydrogens (tertiary/aromatic N) is 3. The second kappa shape index (κ2) is 4.35. The highest BCUT2D eigenvalue weighted by Crippen LogP contribution is 2.26. The Bertz CT molecular complexity index is 425. The lowest BCUT2D eigenvalue weighted by Gasteiger charge is -2.25. The van der Waals surface area contributed by atoms with Crippen molar-refractivity contribution >= 4 is 5.96 Å². The van der Waals surface area contributed by atoms with Crippen LogP contribution in [-0.4, -0.2) is 28.9 Å². The molecule has 0 fully saturated rings. The first-order chi connectivity index (χ1) is 7.74. The van der Waals surface area contributed by atoms with E-state index in [1.165, 1.54) is 11.1 Å². The van der Waals surface area contributed by atoms with Crippen molar-refractivity contribution in [3.8, 4) is 0 Å². The van der Waals surface area contributed by atoms with Crippen LogP contribution in [0.5, 0.6) is 0 Å². The lowest BCUT2D eigenvalue weighted by atomic mass is 10.0. The molecule has 0 spiro atoms. The fraction of sp³-hybridized carbons (Fsp3) is 0.333. The molecular formula is C12H16N4. The van der Waals surface area contributed by atoms with Crippen LogP contribution in [-0.2, 0) is 0 Å². The predicted molar refractivity (Wildman–Crippen MR) is 65.1 cm³/mol. The smallest absolute Gasteiger partial charge is 0.192 e. The number of pyridine rings is 1. The van der Waals surface area contributed by atoms with E-state index in [9.17, 15) is 0 Å². The number of aromatic nitrogens is 1. The highest BCUT2D eigenvalue weighted by molar-refractivity contribution is 5.80.